The van der Waals surface area contributed by atoms with Crippen molar-refractivity contribution in [3.05, 3.63) is 68.4 Å². The van der Waals surface area contributed by atoms with Crippen LogP contribution in [-0.4, -0.2) is 56.1 Å². The predicted octanol–water partition coefficient (Wildman–Crippen LogP) is 4.80. The van der Waals surface area contributed by atoms with E-state index in [1.807, 2.05) is 0 Å². The molecule has 17 heteroatoms. The van der Waals surface area contributed by atoms with E-state index in [1.54, 1.807) is 0 Å². The lowest BCUT2D eigenvalue weighted by Gasteiger charge is -2.30. The smallest absolute Gasteiger partial charge is 0.374 e. The van der Waals surface area contributed by atoms with Gasteiger partial charge in [0.1, 0.15) is 5.82 Å². The number of nitrogens with one attached hydrogen (secondary N) is 1. The highest BCUT2D eigenvalue weighted by Gasteiger charge is 2.64. The first-order valence-electron chi connectivity index (χ1n) is 11.2. The number of hydrogen-bond acceptors (Lipinski definition) is 6. The summed E-state index contributed by atoms with van der Waals surface area (Å²) in [5, 5.41) is 6.05. The number of carbonyl (C=O) groups excluding carboxylic acids is 1. The molecule has 2 atom stereocenters. The molecule has 1 saturated heterocycles. The molecule has 2 aromatic rings. The van der Waals surface area contributed by atoms with E-state index in [0.717, 1.165) is 10.7 Å². The minimum absolute atomic E-state index is 0.0440. The molecular formula is C23H19BrF7N3O5S. The van der Waals surface area contributed by atoms with Gasteiger partial charge >= 0.3 is 12.4 Å². The standard InChI is InChI=1S/C23H19BrF7N3O5S/c1-11-5-12(3-4-15(11)20(35)32-14-9-34(38-10-14)40(2,36)37)18-8-21(39-33-18,23(29,30)31)16-6-13(22(26,27)28)7-17(24)19(16)25/h3-7,14H,8-10H2,1-2H3,(H,32,35)/t14-,21-/m0/s1. The lowest BCUT2D eigenvalue weighted by molar-refractivity contribution is -0.277. The molecule has 218 valence electrons. The van der Waals surface area contributed by atoms with E-state index in [-0.39, 0.29) is 41.6 Å². The molecule has 0 saturated carbocycles. The first kappa shape index (κ1) is 30.2. The number of halogens is 8. The Morgan fingerprint density at radius 3 is 2.40 bits per heavy atom. The van der Waals surface area contributed by atoms with E-state index in [2.05, 4.69) is 26.4 Å². The number of hydrogen-bond donors (Lipinski definition) is 1. The zero-order valence-electron chi connectivity index (χ0n) is 20.5. The van der Waals surface area contributed by atoms with E-state index in [9.17, 15) is 43.9 Å². The summed E-state index contributed by atoms with van der Waals surface area (Å²) < 4.78 is 121. The number of aryl methyl sites for hydroxylation is 1. The van der Waals surface area contributed by atoms with Gasteiger partial charge in [0.05, 0.1) is 47.6 Å². The van der Waals surface area contributed by atoms with Crippen LogP contribution >= 0.6 is 15.9 Å². The van der Waals surface area contributed by atoms with Crippen LogP contribution in [0.3, 0.4) is 0 Å². The normalized spacial score (nSPS) is 22.2. The third-order valence-electron chi connectivity index (χ3n) is 6.28. The Kier molecular flexibility index (Phi) is 7.75. The van der Waals surface area contributed by atoms with Crippen LogP contribution in [0.25, 0.3) is 0 Å². The Balaban J connectivity index is 1.60. The van der Waals surface area contributed by atoms with Crippen LogP contribution in [0.4, 0.5) is 30.7 Å². The van der Waals surface area contributed by atoms with Crippen molar-refractivity contribution in [1.82, 2.24) is 9.79 Å². The summed E-state index contributed by atoms with van der Waals surface area (Å²) in [4.78, 5) is 22.5. The molecule has 1 fully saturated rings. The topological polar surface area (TPSA) is 97.3 Å². The molecule has 1 amide bonds. The molecule has 0 radical (unpaired) electrons. The summed E-state index contributed by atoms with van der Waals surface area (Å²) in [5.74, 6) is -2.20. The Hall–Kier alpha value is -2.76. The molecule has 40 heavy (non-hydrogen) atoms. The molecule has 2 aromatic carbocycles. The lowest BCUT2D eigenvalue weighted by Crippen LogP contribution is -2.43. The second kappa shape index (κ2) is 10.3. The SMILES string of the molecule is Cc1cc(C2=NO[C@@](c3cc(C(F)(F)F)cc(Br)c3F)(C(F)(F)F)C2)ccc1C(=O)N[C@@H]1CON(S(C)(=O)=O)C1. The Morgan fingerprint density at radius 2 is 1.85 bits per heavy atom. The van der Waals surface area contributed by atoms with Crippen LogP contribution in [-0.2, 0) is 31.5 Å². The number of sulfonamides is 1. The zero-order chi connectivity index (χ0) is 29.8. The quantitative estimate of drug-likeness (QED) is 0.465. The van der Waals surface area contributed by atoms with Crippen molar-refractivity contribution in [2.75, 3.05) is 19.4 Å². The maximum atomic E-state index is 14.9. The number of carbonyl (C=O) groups is 1. The van der Waals surface area contributed by atoms with Gasteiger partial charge in [0.2, 0.25) is 10.0 Å². The first-order valence-corrected chi connectivity index (χ1v) is 13.9. The highest BCUT2D eigenvalue weighted by atomic mass is 79.9. The van der Waals surface area contributed by atoms with Crippen molar-refractivity contribution in [1.29, 1.82) is 0 Å². The molecule has 2 heterocycles. The number of hydroxylamine groups is 1. The maximum Gasteiger partial charge on any atom is 0.435 e. The second-order valence-electron chi connectivity index (χ2n) is 9.19. The molecule has 0 spiro atoms. The minimum Gasteiger partial charge on any atom is -0.374 e. The summed E-state index contributed by atoms with van der Waals surface area (Å²) in [7, 11) is -3.64. The van der Waals surface area contributed by atoms with E-state index in [0.29, 0.717) is 6.07 Å². The van der Waals surface area contributed by atoms with Crippen molar-refractivity contribution < 1.29 is 53.6 Å². The van der Waals surface area contributed by atoms with E-state index in [4.69, 9.17) is 9.68 Å². The highest BCUT2D eigenvalue weighted by molar-refractivity contribution is 9.10. The van der Waals surface area contributed by atoms with Crippen molar-refractivity contribution >= 4 is 37.6 Å². The van der Waals surface area contributed by atoms with Gasteiger partial charge in [-0.15, -0.1) is 0 Å². The van der Waals surface area contributed by atoms with Crippen LogP contribution in [0.1, 0.15) is 39.0 Å². The van der Waals surface area contributed by atoms with Gasteiger partial charge in [0.25, 0.3) is 11.5 Å². The number of alkyl halides is 6. The summed E-state index contributed by atoms with van der Waals surface area (Å²) >= 11 is 2.55. The van der Waals surface area contributed by atoms with E-state index >= 15 is 0 Å². The fraction of sp³-hybridized carbons (Fsp3) is 0.391. The van der Waals surface area contributed by atoms with Gasteiger partial charge in [-0.05, 0) is 58.2 Å². The van der Waals surface area contributed by atoms with Gasteiger partial charge in [-0.3, -0.25) is 9.63 Å². The Morgan fingerprint density at radius 1 is 1.18 bits per heavy atom. The fourth-order valence-electron chi connectivity index (χ4n) is 4.22. The second-order valence-corrected chi connectivity index (χ2v) is 11.9. The number of oxime groups is 1. The molecule has 0 aliphatic carbocycles. The van der Waals surface area contributed by atoms with Crippen molar-refractivity contribution in [3.8, 4) is 0 Å². The molecule has 2 aliphatic heterocycles. The van der Waals surface area contributed by atoms with Crippen LogP contribution in [0.15, 0.2) is 40.0 Å². The average Bonchev–Trinajstić information content (AvgIpc) is 3.48. The minimum atomic E-state index is -5.37. The van der Waals surface area contributed by atoms with Crippen LogP contribution in [0.2, 0.25) is 0 Å². The van der Waals surface area contributed by atoms with Crippen molar-refractivity contribution in [2.24, 2.45) is 5.16 Å². The van der Waals surface area contributed by atoms with Crippen LogP contribution in [0.5, 0.6) is 0 Å². The fourth-order valence-corrected chi connectivity index (χ4v) is 5.39. The molecule has 0 unspecified atom stereocenters. The molecule has 0 bridgehead atoms. The highest BCUT2D eigenvalue weighted by Crippen LogP contribution is 2.51. The van der Waals surface area contributed by atoms with Gasteiger partial charge in [-0.25, -0.2) is 12.8 Å². The Bertz CT molecular complexity index is 1500. The summed E-state index contributed by atoms with van der Waals surface area (Å²) in [5.41, 5.74) is -6.35. The third-order valence-corrected chi connectivity index (χ3v) is 7.85. The molecule has 4 rings (SSSR count). The van der Waals surface area contributed by atoms with Crippen LogP contribution in [0, 0.1) is 12.7 Å². The van der Waals surface area contributed by atoms with E-state index < -0.39 is 67.8 Å². The van der Waals surface area contributed by atoms with Crippen LogP contribution < -0.4 is 5.32 Å². The monoisotopic (exact) mass is 661 g/mol. The molecule has 2 aliphatic rings. The molecular weight excluding hydrogens is 643 g/mol. The molecule has 0 aromatic heterocycles. The molecule has 8 nitrogen and oxygen atoms in total. The largest absolute Gasteiger partial charge is 0.435 e. The van der Waals surface area contributed by atoms with Gasteiger partial charge < -0.3 is 10.2 Å². The Labute approximate surface area is 231 Å². The maximum absolute atomic E-state index is 14.9. The molecule has 1 N–H and O–H groups in total. The third kappa shape index (κ3) is 5.69. The van der Waals surface area contributed by atoms with Gasteiger partial charge in [-0.1, -0.05) is 15.7 Å². The first-order chi connectivity index (χ1) is 18.3. The predicted molar refractivity (Wildman–Crippen MR) is 129 cm³/mol. The van der Waals surface area contributed by atoms with Crippen molar-refractivity contribution in [2.45, 2.75) is 37.3 Å². The number of amides is 1. The van der Waals surface area contributed by atoms with Crippen molar-refractivity contribution in [3.63, 3.8) is 0 Å². The number of rotatable bonds is 5. The number of benzene rings is 2. The average molecular weight is 662 g/mol. The summed E-state index contributed by atoms with van der Waals surface area (Å²) in [6, 6.07) is 3.55. The summed E-state index contributed by atoms with van der Waals surface area (Å²) in [6.07, 6.45) is -10.7. The number of nitrogens with zero attached hydrogens (tertiary/aromatic N) is 2. The van der Waals surface area contributed by atoms with Gasteiger partial charge in [0, 0.05) is 11.1 Å². The van der Waals surface area contributed by atoms with E-state index in [1.165, 1.54) is 25.1 Å². The summed E-state index contributed by atoms with van der Waals surface area (Å²) in [6.45, 7) is 1.24. The van der Waals surface area contributed by atoms with Gasteiger partial charge in [0.15, 0.2) is 0 Å². The lowest BCUT2D eigenvalue weighted by atomic mass is 9.85. The zero-order valence-corrected chi connectivity index (χ0v) is 22.9. The van der Waals surface area contributed by atoms with Gasteiger partial charge in [-0.2, -0.15) is 26.3 Å².